The number of nitro groups is 1. The van der Waals surface area contributed by atoms with Crippen LogP contribution in [-0.2, 0) is 0 Å². The predicted octanol–water partition coefficient (Wildman–Crippen LogP) is 3.20. The molecule has 0 amide bonds. The molecule has 1 rings (SSSR count). The minimum atomic E-state index is -0.424. The molecule has 0 aliphatic carbocycles. The van der Waals surface area contributed by atoms with Gasteiger partial charge < -0.3 is 10.1 Å². The van der Waals surface area contributed by atoms with Gasteiger partial charge in [-0.3, -0.25) is 10.1 Å². The highest BCUT2D eigenvalue weighted by Gasteiger charge is 2.17. The molecule has 17 heavy (non-hydrogen) atoms. The molecule has 0 aliphatic heterocycles. The topological polar surface area (TPSA) is 64.4 Å². The number of benzene rings is 1. The van der Waals surface area contributed by atoms with Crippen molar-refractivity contribution in [1.82, 2.24) is 0 Å². The van der Waals surface area contributed by atoms with Gasteiger partial charge in [0.25, 0.3) is 5.69 Å². The number of ether oxygens (including phenoxy) is 1. The number of nitro benzene ring substituents is 1. The first-order valence-corrected chi connectivity index (χ1v) is 5.49. The number of rotatable bonds is 5. The molecule has 1 aromatic rings. The molecule has 0 saturated carbocycles. The molecule has 1 aromatic carbocycles. The summed E-state index contributed by atoms with van der Waals surface area (Å²) in [6, 6.07) is 4.68. The summed E-state index contributed by atoms with van der Waals surface area (Å²) in [6.07, 6.45) is 0.915. The second-order valence-corrected chi connectivity index (χ2v) is 4.54. The van der Waals surface area contributed by atoms with Crippen molar-refractivity contribution in [2.75, 3.05) is 12.4 Å². The third-order valence-electron chi connectivity index (χ3n) is 2.70. The van der Waals surface area contributed by atoms with E-state index in [9.17, 15) is 10.1 Å². The van der Waals surface area contributed by atoms with Crippen LogP contribution in [0.2, 0.25) is 0 Å². The van der Waals surface area contributed by atoms with Gasteiger partial charge in [-0.2, -0.15) is 0 Å². The standard InChI is InChI=1S/C12H18N2O3/c1-5-12(2,3)13-9-6-10(14(15)16)8-11(7-9)17-4/h6-8,13H,5H2,1-4H3. The molecule has 0 heterocycles. The van der Waals surface area contributed by atoms with E-state index in [-0.39, 0.29) is 11.2 Å². The molecule has 0 unspecified atom stereocenters. The van der Waals surface area contributed by atoms with Crippen LogP contribution in [0.3, 0.4) is 0 Å². The quantitative estimate of drug-likeness (QED) is 0.632. The fourth-order valence-corrected chi connectivity index (χ4v) is 1.36. The summed E-state index contributed by atoms with van der Waals surface area (Å²) in [5.41, 5.74) is 0.613. The van der Waals surface area contributed by atoms with Gasteiger partial charge in [0.15, 0.2) is 0 Å². The summed E-state index contributed by atoms with van der Waals surface area (Å²) in [5.74, 6) is 0.480. The molecule has 94 valence electrons. The monoisotopic (exact) mass is 238 g/mol. The minimum Gasteiger partial charge on any atom is -0.496 e. The molecule has 0 radical (unpaired) electrons. The average molecular weight is 238 g/mol. The van der Waals surface area contributed by atoms with Crippen LogP contribution in [0.25, 0.3) is 0 Å². The molecular formula is C12H18N2O3. The summed E-state index contributed by atoms with van der Waals surface area (Å²) in [7, 11) is 1.49. The first-order chi connectivity index (χ1) is 7.88. The lowest BCUT2D eigenvalue weighted by molar-refractivity contribution is -0.384. The van der Waals surface area contributed by atoms with Crippen molar-refractivity contribution in [2.24, 2.45) is 0 Å². The highest BCUT2D eigenvalue weighted by molar-refractivity contribution is 5.57. The van der Waals surface area contributed by atoms with Gasteiger partial charge in [0.2, 0.25) is 0 Å². The van der Waals surface area contributed by atoms with Crippen LogP contribution in [0.15, 0.2) is 18.2 Å². The Morgan fingerprint density at radius 3 is 2.53 bits per heavy atom. The summed E-state index contributed by atoms with van der Waals surface area (Å²) < 4.78 is 5.05. The molecule has 0 aromatic heterocycles. The maximum absolute atomic E-state index is 10.8. The lowest BCUT2D eigenvalue weighted by Crippen LogP contribution is -2.29. The third kappa shape index (κ3) is 3.62. The van der Waals surface area contributed by atoms with Crippen LogP contribution in [-0.4, -0.2) is 17.6 Å². The smallest absolute Gasteiger partial charge is 0.275 e. The molecule has 1 N–H and O–H groups in total. The summed E-state index contributed by atoms with van der Waals surface area (Å²) >= 11 is 0. The van der Waals surface area contributed by atoms with E-state index in [0.29, 0.717) is 11.4 Å². The van der Waals surface area contributed by atoms with Crippen molar-refractivity contribution in [3.63, 3.8) is 0 Å². The lowest BCUT2D eigenvalue weighted by atomic mass is 10.0. The molecule has 0 aliphatic rings. The van der Waals surface area contributed by atoms with Crippen LogP contribution in [0.1, 0.15) is 27.2 Å². The fraction of sp³-hybridized carbons (Fsp3) is 0.500. The van der Waals surface area contributed by atoms with Crippen molar-refractivity contribution in [3.05, 3.63) is 28.3 Å². The second kappa shape index (κ2) is 5.03. The molecule has 0 spiro atoms. The van der Waals surface area contributed by atoms with Crippen LogP contribution < -0.4 is 10.1 Å². The number of hydrogen-bond donors (Lipinski definition) is 1. The number of hydrogen-bond acceptors (Lipinski definition) is 4. The van der Waals surface area contributed by atoms with Gasteiger partial charge in [0.05, 0.1) is 18.1 Å². The zero-order valence-corrected chi connectivity index (χ0v) is 10.6. The molecule has 0 saturated heterocycles. The number of nitrogens with one attached hydrogen (secondary N) is 1. The zero-order chi connectivity index (χ0) is 13.1. The highest BCUT2D eigenvalue weighted by atomic mass is 16.6. The summed E-state index contributed by atoms with van der Waals surface area (Å²) in [4.78, 5) is 10.4. The third-order valence-corrected chi connectivity index (χ3v) is 2.70. The van der Waals surface area contributed by atoms with Gasteiger partial charge in [-0.15, -0.1) is 0 Å². The Balaban J connectivity index is 3.07. The maximum Gasteiger partial charge on any atom is 0.275 e. The summed E-state index contributed by atoms with van der Waals surface area (Å²) in [6.45, 7) is 6.14. The Kier molecular flexibility index (Phi) is 3.93. The minimum absolute atomic E-state index is 0.0266. The van der Waals surface area contributed by atoms with E-state index in [4.69, 9.17) is 4.74 Å². The van der Waals surface area contributed by atoms with E-state index >= 15 is 0 Å². The molecule has 5 nitrogen and oxygen atoms in total. The largest absolute Gasteiger partial charge is 0.496 e. The first kappa shape index (κ1) is 13.3. The molecule has 0 bridgehead atoms. The van der Waals surface area contributed by atoms with Crippen molar-refractivity contribution in [1.29, 1.82) is 0 Å². The van der Waals surface area contributed by atoms with Gasteiger partial charge in [-0.25, -0.2) is 0 Å². The van der Waals surface area contributed by atoms with Gasteiger partial charge in [-0.05, 0) is 20.3 Å². The normalized spacial score (nSPS) is 11.1. The fourth-order valence-electron chi connectivity index (χ4n) is 1.36. The van der Waals surface area contributed by atoms with Crippen molar-refractivity contribution in [2.45, 2.75) is 32.7 Å². The Morgan fingerprint density at radius 1 is 1.41 bits per heavy atom. The van der Waals surface area contributed by atoms with E-state index in [1.165, 1.54) is 19.2 Å². The number of nitrogens with zero attached hydrogens (tertiary/aromatic N) is 1. The summed E-state index contributed by atoms with van der Waals surface area (Å²) in [5, 5.41) is 14.0. The molecular weight excluding hydrogens is 220 g/mol. The van der Waals surface area contributed by atoms with E-state index < -0.39 is 4.92 Å². The maximum atomic E-state index is 10.8. The Bertz CT molecular complexity index is 416. The van der Waals surface area contributed by atoms with Gasteiger partial charge in [-0.1, -0.05) is 6.92 Å². The lowest BCUT2D eigenvalue weighted by Gasteiger charge is -2.26. The van der Waals surface area contributed by atoms with Gasteiger partial charge >= 0.3 is 0 Å². The Hall–Kier alpha value is -1.78. The molecule has 0 atom stereocenters. The zero-order valence-electron chi connectivity index (χ0n) is 10.6. The van der Waals surface area contributed by atoms with E-state index in [1.54, 1.807) is 6.07 Å². The van der Waals surface area contributed by atoms with E-state index in [1.807, 2.05) is 13.8 Å². The van der Waals surface area contributed by atoms with Crippen LogP contribution in [0, 0.1) is 10.1 Å². The molecule has 5 heteroatoms. The Labute approximate surface area is 101 Å². The number of anilines is 1. The van der Waals surface area contributed by atoms with Gasteiger partial charge in [0.1, 0.15) is 5.75 Å². The van der Waals surface area contributed by atoms with Crippen molar-refractivity contribution >= 4 is 11.4 Å². The molecule has 0 fully saturated rings. The highest BCUT2D eigenvalue weighted by Crippen LogP contribution is 2.28. The average Bonchev–Trinajstić information content (AvgIpc) is 2.28. The van der Waals surface area contributed by atoms with Gasteiger partial charge in [0, 0.05) is 23.4 Å². The Morgan fingerprint density at radius 2 is 2.06 bits per heavy atom. The number of non-ortho nitro benzene ring substituents is 1. The second-order valence-electron chi connectivity index (χ2n) is 4.54. The van der Waals surface area contributed by atoms with Crippen LogP contribution in [0.5, 0.6) is 5.75 Å². The van der Waals surface area contributed by atoms with Crippen LogP contribution >= 0.6 is 0 Å². The van der Waals surface area contributed by atoms with Crippen molar-refractivity contribution < 1.29 is 9.66 Å². The predicted molar refractivity (Wildman–Crippen MR) is 67.6 cm³/mol. The first-order valence-electron chi connectivity index (χ1n) is 5.49. The van der Waals surface area contributed by atoms with Crippen LogP contribution in [0.4, 0.5) is 11.4 Å². The SMILES string of the molecule is CCC(C)(C)Nc1cc(OC)cc([N+](=O)[O-])c1. The van der Waals surface area contributed by atoms with E-state index in [2.05, 4.69) is 12.2 Å². The van der Waals surface area contributed by atoms with E-state index in [0.717, 1.165) is 6.42 Å². The number of methoxy groups -OCH3 is 1. The van der Waals surface area contributed by atoms with Crippen molar-refractivity contribution in [3.8, 4) is 5.75 Å².